The molecule has 0 atom stereocenters. The largest absolute Gasteiger partial charge is 0.256 e. The van der Waals surface area contributed by atoms with Crippen molar-refractivity contribution in [1.29, 1.82) is 0 Å². The number of rotatable bonds is 4. The van der Waals surface area contributed by atoms with Crippen molar-refractivity contribution in [3.05, 3.63) is 89.1 Å². The van der Waals surface area contributed by atoms with E-state index in [1.807, 2.05) is 6.20 Å². The van der Waals surface area contributed by atoms with Gasteiger partial charge in [-0.2, -0.15) is 0 Å². The van der Waals surface area contributed by atoms with Crippen LogP contribution in [0.25, 0.3) is 45.4 Å². The Bertz CT molecular complexity index is 2020. The first-order chi connectivity index (χ1) is 23.1. The van der Waals surface area contributed by atoms with E-state index in [2.05, 4.69) is 167 Å². The Balaban J connectivity index is 1.47. The molecule has 0 amide bonds. The first-order valence-corrected chi connectivity index (χ1v) is 18.2. The Hall–Kier alpha value is -3.99. The number of hydrogen-bond donors (Lipinski definition) is 0. The van der Waals surface area contributed by atoms with E-state index in [4.69, 9.17) is 19.9 Å². The fourth-order valence-electron chi connectivity index (χ4n) is 8.19. The van der Waals surface area contributed by atoms with Crippen LogP contribution < -0.4 is 16.4 Å². The molecule has 0 fully saturated rings. The van der Waals surface area contributed by atoms with Gasteiger partial charge in [0.25, 0.3) is 0 Å². The fourth-order valence-corrected chi connectivity index (χ4v) is 8.19. The van der Waals surface area contributed by atoms with Crippen LogP contribution in [0.3, 0.4) is 0 Å². The topological polar surface area (TPSA) is 51.6 Å². The summed E-state index contributed by atoms with van der Waals surface area (Å²) in [5.41, 5.74) is 14.9. The van der Waals surface area contributed by atoms with Crippen LogP contribution in [0.4, 0.5) is 0 Å². The summed E-state index contributed by atoms with van der Waals surface area (Å²) in [7, 11) is 6.87. The van der Waals surface area contributed by atoms with E-state index in [0.29, 0.717) is 17.5 Å². The summed E-state index contributed by atoms with van der Waals surface area (Å²) in [5.74, 6) is 1.93. The summed E-state index contributed by atoms with van der Waals surface area (Å²) < 4.78 is 0. The summed E-state index contributed by atoms with van der Waals surface area (Å²) in [5, 5.41) is 0. The SMILES string of the molecule is Bc1c(B)c2c(c(B)c1-c1ccc(-c3nc(-c4ccc(C(C)(C)C)cc4)nc(-c4ccc(C(C)(C)C)cc4)n3)cn1)C(C)(C)C(C)(C)C2(C)C. The van der Waals surface area contributed by atoms with Gasteiger partial charge in [0.1, 0.15) is 23.5 Å². The molecular weight excluding hydrogens is 605 g/mol. The van der Waals surface area contributed by atoms with Crippen LogP contribution in [0.1, 0.15) is 105 Å². The van der Waals surface area contributed by atoms with Crippen LogP contribution >= 0.6 is 0 Å². The second-order valence-electron chi connectivity index (χ2n) is 18.3. The van der Waals surface area contributed by atoms with Crippen molar-refractivity contribution >= 4 is 39.9 Å². The van der Waals surface area contributed by atoms with E-state index in [0.717, 1.165) is 22.4 Å². The number of fused-ring (bicyclic) bond motifs is 1. The molecule has 1 aliphatic rings. The molecule has 2 aromatic heterocycles. The van der Waals surface area contributed by atoms with Crippen molar-refractivity contribution in [1.82, 2.24) is 19.9 Å². The van der Waals surface area contributed by atoms with Gasteiger partial charge in [-0.05, 0) is 67.0 Å². The molecule has 0 saturated carbocycles. The highest BCUT2D eigenvalue weighted by molar-refractivity contribution is 6.55. The molecule has 0 bridgehead atoms. The highest BCUT2D eigenvalue weighted by Gasteiger charge is 2.58. The molecule has 7 heteroatoms. The van der Waals surface area contributed by atoms with Crippen LogP contribution in [-0.4, -0.2) is 43.5 Å². The molecule has 50 heavy (non-hydrogen) atoms. The molecule has 0 aliphatic heterocycles. The Morgan fingerprint density at radius 3 is 1.24 bits per heavy atom. The molecule has 3 aromatic carbocycles. The first-order valence-electron chi connectivity index (χ1n) is 18.2. The highest BCUT2D eigenvalue weighted by Crippen LogP contribution is 2.60. The lowest BCUT2D eigenvalue weighted by molar-refractivity contribution is 0.125. The molecule has 2 heterocycles. The van der Waals surface area contributed by atoms with E-state index in [1.165, 1.54) is 44.2 Å². The molecule has 0 radical (unpaired) electrons. The maximum Gasteiger partial charge on any atom is 0.165 e. The Kier molecular flexibility index (Phi) is 8.45. The van der Waals surface area contributed by atoms with E-state index in [1.54, 1.807) is 0 Å². The van der Waals surface area contributed by atoms with Crippen molar-refractivity contribution in [2.45, 2.75) is 105 Å². The van der Waals surface area contributed by atoms with Gasteiger partial charge in [0.2, 0.25) is 0 Å². The van der Waals surface area contributed by atoms with Gasteiger partial charge in [0, 0.05) is 22.9 Å². The monoisotopic (exact) mass is 658 g/mol. The minimum Gasteiger partial charge on any atom is -0.256 e. The van der Waals surface area contributed by atoms with Crippen molar-refractivity contribution in [3.63, 3.8) is 0 Å². The van der Waals surface area contributed by atoms with Gasteiger partial charge < -0.3 is 0 Å². The first kappa shape index (κ1) is 35.8. The zero-order valence-corrected chi connectivity index (χ0v) is 33.1. The zero-order valence-electron chi connectivity index (χ0n) is 33.1. The summed E-state index contributed by atoms with van der Waals surface area (Å²) in [6.07, 6.45) is 1.93. The molecule has 254 valence electrons. The predicted octanol–water partition coefficient (Wildman–Crippen LogP) is 5.90. The molecule has 6 rings (SSSR count). The summed E-state index contributed by atoms with van der Waals surface area (Å²) in [6.45, 7) is 27.9. The van der Waals surface area contributed by atoms with Gasteiger partial charge in [0.05, 0.1) is 5.69 Å². The van der Waals surface area contributed by atoms with Gasteiger partial charge in [-0.1, -0.05) is 148 Å². The lowest BCUT2D eigenvalue weighted by Gasteiger charge is -2.45. The number of nitrogens with zero attached hydrogens (tertiary/aromatic N) is 4. The van der Waals surface area contributed by atoms with Gasteiger partial charge in [-0.25, -0.2) is 15.0 Å². The Morgan fingerprint density at radius 2 is 0.860 bits per heavy atom. The van der Waals surface area contributed by atoms with E-state index >= 15 is 0 Å². The average molecular weight is 658 g/mol. The van der Waals surface area contributed by atoms with Crippen molar-refractivity contribution in [3.8, 4) is 45.4 Å². The molecule has 1 aliphatic carbocycles. The van der Waals surface area contributed by atoms with Crippen LogP contribution in [0.5, 0.6) is 0 Å². The van der Waals surface area contributed by atoms with Crippen molar-refractivity contribution in [2.75, 3.05) is 0 Å². The van der Waals surface area contributed by atoms with Crippen LogP contribution in [0.2, 0.25) is 0 Å². The number of benzene rings is 3. The molecule has 4 nitrogen and oxygen atoms in total. The fraction of sp³-hybridized carbons (Fsp3) is 0.395. The average Bonchev–Trinajstić information content (AvgIpc) is 3.16. The zero-order chi connectivity index (χ0) is 36.8. The van der Waals surface area contributed by atoms with E-state index in [9.17, 15) is 0 Å². The van der Waals surface area contributed by atoms with Crippen LogP contribution in [0, 0.1) is 5.41 Å². The lowest BCUT2D eigenvalue weighted by atomic mass is 9.58. The minimum atomic E-state index is 0.0108. The normalized spacial score (nSPS) is 16.3. The Morgan fingerprint density at radius 1 is 0.480 bits per heavy atom. The van der Waals surface area contributed by atoms with Crippen LogP contribution in [-0.2, 0) is 21.7 Å². The second-order valence-corrected chi connectivity index (χ2v) is 18.3. The standard InChI is InChI=1S/C43H53B3N4/c1-39(2,3)27-18-13-24(14-19-27)36-48-37(25-15-20-28(21-16-25)40(4,5)6)50-38(49-36)26-17-22-29(47-23-26)30-33(44)31-32(35(46)34(30)45)42(9,10)43(11,12)41(31,7)8/h13-23H,44-46H2,1-12H3. The molecule has 0 saturated heterocycles. The molecule has 0 N–H and O–H groups in total. The maximum atomic E-state index is 5.12. The quantitative estimate of drug-likeness (QED) is 0.226. The molecular formula is C43H53B3N4. The van der Waals surface area contributed by atoms with Crippen molar-refractivity contribution < 1.29 is 0 Å². The highest BCUT2D eigenvalue weighted by atomic mass is 15.0. The van der Waals surface area contributed by atoms with Gasteiger partial charge >= 0.3 is 0 Å². The third-order valence-electron chi connectivity index (χ3n) is 12.6. The Labute approximate surface area is 303 Å². The smallest absolute Gasteiger partial charge is 0.165 e. The van der Waals surface area contributed by atoms with Gasteiger partial charge in [0.15, 0.2) is 17.5 Å². The summed E-state index contributed by atoms with van der Waals surface area (Å²) in [6, 6.07) is 21.5. The predicted molar refractivity (Wildman–Crippen MR) is 221 cm³/mol. The summed E-state index contributed by atoms with van der Waals surface area (Å²) >= 11 is 0. The molecule has 0 spiro atoms. The minimum absolute atomic E-state index is 0.0108. The van der Waals surface area contributed by atoms with E-state index < -0.39 is 0 Å². The van der Waals surface area contributed by atoms with E-state index in [-0.39, 0.29) is 27.1 Å². The van der Waals surface area contributed by atoms with Crippen LogP contribution in [0.15, 0.2) is 66.9 Å². The molecule has 5 aromatic rings. The van der Waals surface area contributed by atoms with Crippen molar-refractivity contribution in [2.24, 2.45) is 5.41 Å². The number of aromatic nitrogens is 4. The maximum absolute atomic E-state index is 5.12. The van der Waals surface area contributed by atoms with Gasteiger partial charge in [-0.15, -0.1) is 0 Å². The summed E-state index contributed by atoms with van der Waals surface area (Å²) in [4.78, 5) is 20.2. The number of pyridine rings is 1. The number of hydrogen-bond acceptors (Lipinski definition) is 4. The third kappa shape index (κ3) is 5.65. The molecule has 0 unspecified atom stereocenters. The lowest BCUT2D eigenvalue weighted by Crippen LogP contribution is -2.44. The van der Waals surface area contributed by atoms with Gasteiger partial charge in [-0.3, -0.25) is 4.98 Å². The second kappa shape index (κ2) is 11.8. The third-order valence-corrected chi connectivity index (χ3v) is 12.6.